The molecular weight excluding hydrogens is 252 g/mol. The molecule has 0 spiro atoms. The molecular formula is C13H11ClN2S. The van der Waals surface area contributed by atoms with E-state index in [1.165, 1.54) is 10.4 Å². The Hall–Kier alpha value is -1.34. The smallest absolute Gasteiger partial charge is 0.0991 e. The summed E-state index contributed by atoms with van der Waals surface area (Å²) in [6, 6.07) is 11.7. The van der Waals surface area contributed by atoms with Gasteiger partial charge in [-0.3, -0.25) is 0 Å². The first-order chi connectivity index (χ1) is 8.28. The average Bonchev–Trinajstić information content (AvgIpc) is 2.76. The van der Waals surface area contributed by atoms with Crippen LogP contribution < -0.4 is 5.32 Å². The fraction of sp³-hybridized carbons (Fsp3) is 0.154. The van der Waals surface area contributed by atoms with Gasteiger partial charge in [0, 0.05) is 23.3 Å². The van der Waals surface area contributed by atoms with Gasteiger partial charge in [0.1, 0.15) is 0 Å². The molecule has 17 heavy (non-hydrogen) atoms. The van der Waals surface area contributed by atoms with Crippen LogP contribution in [0.4, 0.5) is 0 Å². The minimum absolute atomic E-state index is 0.693. The maximum atomic E-state index is 8.68. The summed E-state index contributed by atoms with van der Waals surface area (Å²) in [4.78, 5) is 1.23. The number of rotatable bonds is 4. The predicted molar refractivity (Wildman–Crippen MR) is 71.0 cm³/mol. The van der Waals surface area contributed by atoms with E-state index in [0.717, 1.165) is 18.1 Å². The summed E-state index contributed by atoms with van der Waals surface area (Å²) in [5.74, 6) is 0. The fourth-order valence-corrected chi connectivity index (χ4v) is 2.52. The standard InChI is InChI=1S/C13H11ClN2S/c14-12-5-13(17-9-12)8-16-7-11-3-1-10(6-15)2-4-11/h1-5,9,16H,7-8H2. The zero-order valence-corrected chi connectivity index (χ0v) is 10.7. The van der Waals surface area contributed by atoms with Crippen LogP contribution in [0, 0.1) is 11.3 Å². The van der Waals surface area contributed by atoms with Crippen molar-refractivity contribution in [2.45, 2.75) is 13.1 Å². The monoisotopic (exact) mass is 262 g/mol. The van der Waals surface area contributed by atoms with E-state index in [-0.39, 0.29) is 0 Å². The van der Waals surface area contributed by atoms with Gasteiger partial charge in [-0.15, -0.1) is 11.3 Å². The maximum Gasteiger partial charge on any atom is 0.0991 e. The van der Waals surface area contributed by atoms with Crippen LogP contribution in [-0.2, 0) is 13.1 Å². The minimum Gasteiger partial charge on any atom is -0.308 e. The van der Waals surface area contributed by atoms with Gasteiger partial charge in [0.15, 0.2) is 0 Å². The molecule has 0 aliphatic rings. The molecule has 0 radical (unpaired) electrons. The van der Waals surface area contributed by atoms with Gasteiger partial charge in [-0.2, -0.15) is 5.26 Å². The lowest BCUT2D eigenvalue weighted by Gasteiger charge is -2.03. The molecule has 2 nitrogen and oxygen atoms in total. The molecule has 4 heteroatoms. The van der Waals surface area contributed by atoms with Crippen molar-refractivity contribution < 1.29 is 0 Å². The molecule has 2 aromatic rings. The van der Waals surface area contributed by atoms with Gasteiger partial charge in [0.25, 0.3) is 0 Å². The zero-order chi connectivity index (χ0) is 12.1. The Morgan fingerprint density at radius 2 is 2.00 bits per heavy atom. The SMILES string of the molecule is N#Cc1ccc(CNCc2cc(Cl)cs2)cc1. The van der Waals surface area contributed by atoms with Gasteiger partial charge < -0.3 is 5.32 Å². The first-order valence-electron chi connectivity index (χ1n) is 5.20. The Bertz CT molecular complexity index is 525. The Balaban J connectivity index is 1.84. The van der Waals surface area contributed by atoms with Gasteiger partial charge in [-0.1, -0.05) is 23.7 Å². The Morgan fingerprint density at radius 1 is 1.24 bits per heavy atom. The largest absolute Gasteiger partial charge is 0.308 e. The molecule has 1 aromatic carbocycles. The zero-order valence-electron chi connectivity index (χ0n) is 9.11. The van der Waals surface area contributed by atoms with Crippen molar-refractivity contribution in [2.24, 2.45) is 0 Å². The van der Waals surface area contributed by atoms with Gasteiger partial charge in [-0.25, -0.2) is 0 Å². The molecule has 86 valence electrons. The Labute approximate surface area is 109 Å². The number of benzene rings is 1. The molecule has 0 aliphatic heterocycles. The highest BCUT2D eigenvalue weighted by Crippen LogP contribution is 2.18. The number of thiophene rings is 1. The molecule has 0 bridgehead atoms. The van der Waals surface area contributed by atoms with E-state index < -0.39 is 0 Å². The predicted octanol–water partition coefficient (Wildman–Crippen LogP) is 3.56. The molecule has 2 rings (SSSR count). The lowest BCUT2D eigenvalue weighted by Crippen LogP contribution is -2.11. The van der Waals surface area contributed by atoms with E-state index >= 15 is 0 Å². The summed E-state index contributed by atoms with van der Waals surface area (Å²) >= 11 is 7.49. The lowest BCUT2D eigenvalue weighted by molar-refractivity contribution is 0.701. The van der Waals surface area contributed by atoms with Crippen molar-refractivity contribution in [1.29, 1.82) is 5.26 Å². The maximum absolute atomic E-state index is 8.68. The normalized spacial score (nSPS) is 10.1. The molecule has 0 unspecified atom stereocenters. The van der Waals surface area contributed by atoms with E-state index in [2.05, 4.69) is 11.4 Å². The molecule has 0 saturated carbocycles. The number of hydrogen-bond donors (Lipinski definition) is 1. The number of halogens is 1. The summed E-state index contributed by atoms with van der Waals surface area (Å²) < 4.78 is 0. The average molecular weight is 263 g/mol. The van der Waals surface area contributed by atoms with Crippen molar-refractivity contribution in [2.75, 3.05) is 0 Å². The Kier molecular flexibility index (Phi) is 4.16. The third-order valence-corrected chi connectivity index (χ3v) is 3.62. The molecule has 0 amide bonds. The topological polar surface area (TPSA) is 35.8 Å². The third kappa shape index (κ3) is 3.57. The summed E-state index contributed by atoms with van der Waals surface area (Å²) in [5, 5.41) is 14.7. The van der Waals surface area contributed by atoms with Crippen LogP contribution >= 0.6 is 22.9 Å². The van der Waals surface area contributed by atoms with Gasteiger partial charge in [0.05, 0.1) is 16.7 Å². The molecule has 1 N–H and O–H groups in total. The van der Waals surface area contributed by atoms with Crippen molar-refractivity contribution in [3.8, 4) is 6.07 Å². The van der Waals surface area contributed by atoms with E-state index in [9.17, 15) is 0 Å². The van der Waals surface area contributed by atoms with Crippen molar-refractivity contribution >= 4 is 22.9 Å². The van der Waals surface area contributed by atoms with Crippen LogP contribution in [0.2, 0.25) is 5.02 Å². The van der Waals surface area contributed by atoms with Crippen LogP contribution in [0.5, 0.6) is 0 Å². The number of nitrogens with one attached hydrogen (secondary N) is 1. The van der Waals surface area contributed by atoms with Gasteiger partial charge in [-0.05, 0) is 23.8 Å². The second-order valence-electron chi connectivity index (χ2n) is 3.64. The number of nitrogens with zero attached hydrogens (tertiary/aromatic N) is 1. The van der Waals surface area contributed by atoms with E-state index in [1.54, 1.807) is 11.3 Å². The quantitative estimate of drug-likeness (QED) is 0.915. The van der Waals surface area contributed by atoms with Crippen molar-refractivity contribution in [1.82, 2.24) is 5.32 Å². The van der Waals surface area contributed by atoms with E-state index in [1.807, 2.05) is 35.7 Å². The third-order valence-electron chi connectivity index (χ3n) is 2.33. The minimum atomic E-state index is 0.693. The second kappa shape index (κ2) is 5.83. The molecule has 1 aromatic heterocycles. The van der Waals surface area contributed by atoms with E-state index in [0.29, 0.717) is 5.56 Å². The summed E-state index contributed by atoms with van der Waals surface area (Å²) in [5.41, 5.74) is 1.87. The number of hydrogen-bond acceptors (Lipinski definition) is 3. The van der Waals surface area contributed by atoms with Crippen molar-refractivity contribution in [3.05, 3.63) is 56.7 Å². The fourth-order valence-electron chi connectivity index (χ4n) is 1.47. The lowest BCUT2D eigenvalue weighted by atomic mass is 10.1. The molecule has 0 aliphatic carbocycles. The van der Waals surface area contributed by atoms with Crippen LogP contribution in [0.1, 0.15) is 16.0 Å². The number of nitriles is 1. The molecule has 0 atom stereocenters. The first-order valence-corrected chi connectivity index (χ1v) is 6.46. The van der Waals surface area contributed by atoms with Crippen molar-refractivity contribution in [3.63, 3.8) is 0 Å². The van der Waals surface area contributed by atoms with Crippen LogP contribution in [0.15, 0.2) is 35.7 Å². The van der Waals surface area contributed by atoms with Crippen LogP contribution in [0.25, 0.3) is 0 Å². The van der Waals surface area contributed by atoms with Gasteiger partial charge >= 0.3 is 0 Å². The highest BCUT2D eigenvalue weighted by molar-refractivity contribution is 7.10. The molecule has 1 heterocycles. The second-order valence-corrected chi connectivity index (χ2v) is 5.08. The van der Waals surface area contributed by atoms with E-state index in [4.69, 9.17) is 16.9 Å². The highest BCUT2D eigenvalue weighted by Gasteiger charge is 1.98. The summed E-state index contributed by atoms with van der Waals surface area (Å²) in [7, 11) is 0. The Morgan fingerprint density at radius 3 is 2.59 bits per heavy atom. The molecule has 0 saturated heterocycles. The first kappa shape index (κ1) is 12.1. The van der Waals surface area contributed by atoms with Crippen LogP contribution in [-0.4, -0.2) is 0 Å². The van der Waals surface area contributed by atoms with Gasteiger partial charge in [0.2, 0.25) is 0 Å². The highest BCUT2D eigenvalue weighted by atomic mass is 35.5. The summed E-state index contributed by atoms with van der Waals surface area (Å²) in [6.45, 7) is 1.61. The molecule has 0 fully saturated rings. The summed E-state index contributed by atoms with van der Waals surface area (Å²) in [6.07, 6.45) is 0. The van der Waals surface area contributed by atoms with Crippen LogP contribution in [0.3, 0.4) is 0 Å².